The molecule has 2 atom stereocenters. The van der Waals surface area contributed by atoms with E-state index >= 15 is 0 Å². The van der Waals surface area contributed by atoms with Gasteiger partial charge in [-0.3, -0.25) is 4.79 Å². The Bertz CT molecular complexity index is 450. The van der Waals surface area contributed by atoms with E-state index in [-0.39, 0.29) is 19.1 Å². The number of benzene rings is 1. The lowest BCUT2D eigenvalue weighted by atomic mass is 9.73. The van der Waals surface area contributed by atoms with Gasteiger partial charge < -0.3 is 10.5 Å². The molecular weight excluding hydrogens is 257 g/mol. The lowest BCUT2D eigenvalue weighted by Crippen LogP contribution is -2.46. The van der Waals surface area contributed by atoms with E-state index in [2.05, 4.69) is 0 Å². The molecule has 2 unspecified atom stereocenters. The zero-order chi connectivity index (χ0) is 15.2. The maximum absolute atomic E-state index is 14.2. The fourth-order valence-electron chi connectivity index (χ4n) is 2.44. The molecule has 0 aliphatic heterocycles. The third-order valence-electron chi connectivity index (χ3n) is 3.80. The lowest BCUT2D eigenvalue weighted by molar-refractivity contribution is -0.150. The second-order valence-corrected chi connectivity index (χ2v) is 5.20. The Balaban J connectivity index is 3.30. The SMILES string of the molecule is CCOC(=O)C(CN)(CC(C)CC)c1ccccc1F. The van der Waals surface area contributed by atoms with Gasteiger partial charge in [0.15, 0.2) is 0 Å². The molecular formula is C16H24FNO2. The van der Waals surface area contributed by atoms with Crippen molar-refractivity contribution in [3.05, 3.63) is 35.6 Å². The highest BCUT2D eigenvalue weighted by molar-refractivity contribution is 5.83. The van der Waals surface area contributed by atoms with Crippen LogP contribution in [0.2, 0.25) is 0 Å². The number of esters is 1. The van der Waals surface area contributed by atoms with Crippen LogP contribution in [-0.2, 0) is 14.9 Å². The molecule has 2 N–H and O–H groups in total. The number of ether oxygens (including phenoxy) is 1. The van der Waals surface area contributed by atoms with E-state index in [1.54, 1.807) is 25.1 Å². The molecule has 0 fully saturated rings. The number of carbonyl (C=O) groups excluding carboxylic acids is 1. The topological polar surface area (TPSA) is 52.3 Å². The normalized spacial score (nSPS) is 15.4. The van der Waals surface area contributed by atoms with Gasteiger partial charge in [0, 0.05) is 12.1 Å². The van der Waals surface area contributed by atoms with Crippen molar-refractivity contribution < 1.29 is 13.9 Å². The van der Waals surface area contributed by atoms with Crippen molar-refractivity contribution in [2.75, 3.05) is 13.2 Å². The molecule has 0 bridgehead atoms. The quantitative estimate of drug-likeness (QED) is 0.782. The van der Waals surface area contributed by atoms with Gasteiger partial charge in [0.25, 0.3) is 0 Å². The maximum atomic E-state index is 14.2. The zero-order valence-corrected chi connectivity index (χ0v) is 12.5. The first kappa shape index (κ1) is 16.6. The molecule has 0 spiro atoms. The first-order chi connectivity index (χ1) is 9.51. The monoisotopic (exact) mass is 281 g/mol. The molecule has 0 amide bonds. The summed E-state index contributed by atoms with van der Waals surface area (Å²) in [5, 5.41) is 0. The second kappa shape index (κ2) is 7.39. The third-order valence-corrected chi connectivity index (χ3v) is 3.80. The summed E-state index contributed by atoms with van der Waals surface area (Å²) in [6.45, 7) is 6.11. The van der Waals surface area contributed by atoms with Crippen LogP contribution in [0.4, 0.5) is 4.39 Å². The minimum absolute atomic E-state index is 0.0388. The minimum atomic E-state index is -1.10. The molecule has 1 aromatic carbocycles. The van der Waals surface area contributed by atoms with Crippen LogP contribution in [0.5, 0.6) is 0 Å². The number of hydrogen-bond donors (Lipinski definition) is 1. The van der Waals surface area contributed by atoms with Gasteiger partial charge in [-0.1, -0.05) is 38.5 Å². The number of halogens is 1. The molecule has 0 saturated carbocycles. The van der Waals surface area contributed by atoms with Crippen molar-refractivity contribution in [1.82, 2.24) is 0 Å². The van der Waals surface area contributed by atoms with Gasteiger partial charge in [-0.2, -0.15) is 0 Å². The van der Waals surface area contributed by atoms with Crippen LogP contribution < -0.4 is 5.73 Å². The lowest BCUT2D eigenvalue weighted by Gasteiger charge is -2.33. The maximum Gasteiger partial charge on any atom is 0.317 e. The summed E-state index contributed by atoms with van der Waals surface area (Å²) >= 11 is 0. The van der Waals surface area contributed by atoms with Gasteiger partial charge in [0.2, 0.25) is 0 Å². The third kappa shape index (κ3) is 3.37. The van der Waals surface area contributed by atoms with Gasteiger partial charge in [-0.15, -0.1) is 0 Å². The van der Waals surface area contributed by atoms with Crippen molar-refractivity contribution in [1.29, 1.82) is 0 Å². The Kier molecular flexibility index (Phi) is 6.14. The molecule has 0 radical (unpaired) electrons. The van der Waals surface area contributed by atoms with Crippen molar-refractivity contribution >= 4 is 5.97 Å². The Morgan fingerprint density at radius 3 is 2.55 bits per heavy atom. The number of carbonyl (C=O) groups is 1. The highest BCUT2D eigenvalue weighted by Gasteiger charge is 2.43. The van der Waals surface area contributed by atoms with E-state index in [0.717, 1.165) is 6.42 Å². The van der Waals surface area contributed by atoms with E-state index in [0.29, 0.717) is 12.0 Å². The van der Waals surface area contributed by atoms with E-state index in [9.17, 15) is 9.18 Å². The summed E-state index contributed by atoms with van der Waals surface area (Å²) in [7, 11) is 0. The fraction of sp³-hybridized carbons (Fsp3) is 0.562. The standard InChI is InChI=1S/C16H24FNO2/c1-4-12(3)10-16(11-18,15(19)20-5-2)13-8-6-7-9-14(13)17/h6-9,12H,4-5,10-11,18H2,1-3H3. The van der Waals surface area contributed by atoms with Crippen LogP contribution in [-0.4, -0.2) is 19.1 Å². The van der Waals surface area contributed by atoms with Crippen molar-refractivity contribution in [2.24, 2.45) is 11.7 Å². The van der Waals surface area contributed by atoms with Gasteiger partial charge >= 0.3 is 5.97 Å². The van der Waals surface area contributed by atoms with Crippen LogP contribution in [0.1, 0.15) is 39.2 Å². The molecule has 1 rings (SSSR count). The number of rotatable bonds is 7. The van der Waals surface area contributed by atoms with Crippen molar-refractivity contribution in [2.45, 2.75) is 39.0 Å². The summed E-state index contributed by atoms with van der Waals surface area (Å²) in [5.41, 5.74) is 5.11. The predicted octanol–water partition coefficient (Wildman–Crippen LogP) is 3.02. The Morgan fingerprint density at radius 2 is 2.05 bits per heavy atom. The van der Waals surface area contributed by atoms with Crippen molar-refractivity contribution in [3.63, 3.8) is 0 Å². The Labute approximate surface area is 120 Å². The van der Waals surface area contributed by atoms with Crippen LogP contribution in [0.25, 0.3) is 0 Å². The van der Waals surface area contributed by atoms with Crippen LogP contribution in [0.3, 0.4) is 0 Å². The molecule has 1 aromatic rings. The summed E-state index contributed by atoms with van der Waals surface area (Å²) in [5.74, 6) is -0.593. The highest BCUT2D eigenvalue weighted by Crippen LogP contribution is 2.34. The van der Waals surface area contributed by atoms with Gasteiger partial charge in [0.05, 0.1) is 6.61 Å². The molecule has 0 aliphatic rings. The van der Waals surface area contributed by atoms with E-state index < -0.39 is 17.2 Å². The average Bonchev–Trinajstić information content (AvgIpc) is 2.45. The highest BCUT2D eigenvalue weighted by atomic mass is 19.1. The summed E-state index contributed by atoms with van der Waals surface area (Å²) in [6.07, 6.45) is 1.38. The Morgan fingerprint density at radius 1 is 1.40 bits per heavy atom. The van der Waals surface area contributed by atoms with Gasteiger partial charge in [-0.05, 0) is 25.3 Å². The van der Waals surface area contributed by atoms with Crippen LogP contribution in [0.15, 0.2) is 24.3 Å². The van der Waals surface area contributed by atoms with Gasteiger partial charge in [0.1, 0.15) is 11.2 Å². The molecule has 0 aliphatic carbocycles. The van der Waals surface area contributed by atoms with Crippen LogP contribution in [0, 0.1) is 11.7 Å². The zero-order valence-electron chi connectivity index (χ0n) is 12.5. The van der Waals surface area contributed by atoms with E-state index in [1.807, 2.05) is 13.8 Å². The second-order valence-electron chi connectivity index (χ2n) is 5.20. The molecule has 0 aromatic heterocycles. The largest absolute Gasteiger partial charge is 0.465 e. The first-order valence-corrected chi connectivity index (χ1v) is 7.14. The number of nitrogens with two attached hydrogens (primary N) is 1. The smallest absolute Gasteiger partial charge is 0.317 e. The minimum Gasteiger partial charge on any atom is -0.465 e. The average molecular weight is 281 g/mol. The molecule has 0 heterocycles. The fourth-order valence-corrected chi connectivity index (χ4v) is 2.44. The number of hydrogen-bond acceptors (Lipinski definition) is 3. The van der Waals surface area contributed by atoms with Gasteiger partial charge in [-0.25, -0.2) is 4.39 Å². The summed E-state index contributed by atoms with van der Waals surface area (Å²) < 4.78 is 19.3. The molecule has 112 valence electrons. The molecule has 0 saturated heterocycles. The van der Waals surface area contributed by atoms with Crippen LogP contribution >= 0.6 is 0 Å². The van der Waals surface area contributed by atoms with E-state index in [1.165, 1.54) is 6.07 Å². The summed E-state index contributed by atoms with van der Waals surface area (Å²) in [6, 6.07) is 6.31. The summed E-state index contributed by atoms with van der Waals surface area (Å²) in [4.78, 5) is 12.4. The molecule has 3 nitrogen and oxygen atoms in total. The molecule has 4 heteroatoms. The molecule has 20 heavy (non-hydrogen) atoms. The first-order valence-electron chi connectivity index (χ1n) is 7.14. The van der Waals surface area contributed by atoms with Crippen molar-refractivity contribution in [3.8, 4) is 0 Å². The van der Waals surface area contributed by atoms with E-state index in [4.69, 9.17) is 10.5 Å². The predicted molar refractivity (Wildman–Crippen MR) is 77.8 cm³/mol. The Hall–Kier alpha value is -1.42.